The first-order chi connectivity index (χ1) is 8.50. The van der Waals surface area contributed by atoms with E-state index in [0.717, 1.165) is 0 Å². The number of alkyl halides is 3. The predicted octanol–water partition coefficient (Wildman–Crippen LogP) is 2.32. The second kappa shape index (κ2) is 6.45. The molecule has 0 unspecified atom stereocenters. The van der Waals surface area contributed by atoms with E-state index in [1.807, 2.05) is 0 Å². The number of halogens is 4. The van der Waals surface area contributed by atoms with Crippen LogP contribution in [0.2, 0.25) is 0 Å². The summed E-state index contributed by atoms with van der Waals surface area (Å²) >= 11 is 0. The highest BCUT2D eigenvalue weighted by molar-refractivity contribution is 5.85. The molecule has 0 spiro atoms. The third kappa shape index (κ3) is 3.75. The van der Waals surface area contributed by atoms with Crippen LogP contribution < -0.4 is 5.32 Å². The van der Waals surface area contributed by atoms with Gasteiger partial charge in [0.05, 0.1) is 0 Å². The maximum Gasteiger partial charge on any atom is 0.408 e. The van der Waals surface area contributed by atoms with Crippen LogP contribution in [0.5, 0.6) is 5.75 Å². The number of aromatic hydroxyl groups is 1. The molecule has 0 aromatic heterocycles. The van der Waals surface area contributed by atoms with Crippen LogP contribution in [0, 0.1) is 0 Å². The van der Waals surface area contributed by atoms with Crippen molar-refractivity contribution in [3.63, 3.8) is 0 Å². The SMILES string of the molecule is Cl.Oc1ccccc1[C@@H](N1CCNCC1)C(F)(F)F. The van der Waals surface area contributed by atoms with Crippen LogP contribution in [0.3, 0.4) is 0 Å². The van der Waals surface area contributed by atoms with Crippen molar-refractivity contribution in [3.05, 3.63) is 29.8 Å². The van der Waals surface area contributed by atoms with E-state index in [-0.39, 0.29) is 23.7 Å². The van der Waals surface area contributed by atoms with Gasteiger partial charge in [0, 0.05) is 31.7 Å². The van der Waals surface area contributed by atoms with Gasteiger partial charge in [-0.05, 0) is 6.07 Å². The lowest BCUT2D eigenvalue weighted by Gasteiger charge is -2.36. The largest absolute Gasteiger partial charge is 0.508 e. The molecular formula is C12H16ClF3N2O. The summed E-state index contributed by atoms with van der Waals surface area (Å²) in [5.74, 6) is -0.307. The number of para-hydroxylation sites is 1. The maximum absolute atomic E-state index is 13.2. The first-order valence-corrected chi connectivity index (χ1v) is 5.79. The van der Waals surface area contributed by atoms with Gasteiger partial charge < -0.3 is 10.4 Å². The summed E-state index contributed by atoms with van der Waals surface area (Å²) in [6.45, 7) is 1.69. The lowest BCUT2D eigenvalue weighted by Crippen LogP contribution is -2.49. The third-order valence-electron chi connectivity index (χ3n) is 3.06. The molecule has 1 atom stereocenters. The van der Waals surface area contributed by atoms with Gasteiger partial charge >= 0.3 is 6.18 Å². The molecule has 1 heterocycles. The van der Waals surface area contributed by atoms with Gasteiger partial charge in [-0.25, -0.2) is 0 Å². The molecule has 0 aliphatic carbocycles. The topological polar surface area (TPSA) is 35.5 Å². The second-order valence-corrected chi connectivity index (χ2v) is 4.29. The number of phenolic OH excluding ortho intramolecular Hbond substituents is 1. The number of phenols is 1. The van der Waals surface area contributed by atoms with Crippen molar-refractivity contribution >= 4 is 12.4 Å². The molecule has 3 nitrogen and oxygen atoms in total. The first kappa shape index (κ1) is 16.1. The highest BCUT2D eigenvalue weighted by Crippen LogP contribution is 2.40. The third-order valence-corrected chi connectivity index (χ3v) is 3.06. The smallest absolute Gasteiger partial charge is 0.408 e. The summed E-state index contributed by atoms with van der Waals surface area (Å²) in [4.78, 5) is 1.35. The fourth-order valence-electron chi connectivity index (χ4n) is 2.24. The number of piperazine rings is 1. The van der Waals surface area contributed by atoms with E-state index in [1.165, 1.54) is 29.2 Å². The molecule has 108 valence electrons. The molecule has 1 aliphatic rings. The molecular weight excluding hydrogens is 281 g/mol. The molecule has 0 bridgehead atoms. The van der Waals surface area contributed by atoms with Gasteiger partial charge in [-0.3, -0.25) is 4.90 Å². The number of hydrogen-bond donors (Lipinski definition) is 2. The van der Waals surface area contributed by atoms with Gasteiger partial charge in [0.25, 0.3) is 0 Å². The van der Waals surface area contributed by atoms with Crippen molar-refractivity contribution in [2.45, 2.75) is 12.2 Å². The van der Waals surface area contributed by atoms with E-state index in [2.05, 4.69) is 5.32 Å². The Morgan fingerprint density at radius 1 is 1.16 bits per heavy atom. The Bertz CT molecular complexity index is 408. The zero-order valence-electron chi connectivity index (χ0n) is 10.2. The lowest BCUT2D eigenvalue weighted by atomic mass is 10.0. The summed E-state index contributed by atoms with van der Waals surface area (Å²) < 4.78 is 39.6. The summed E-state index contributed by atoms with van der Waals surface area (Å²) in [5.41, 5.74) is -0.0769. The van der Waals surface area contributed by atoms with Crippen molar-refractivity contribution in [2.24, 2.45) is 0 Å². The highest BCUT2D eigenvalue weighted by atomic mass is 35.5. The summed E-state index contributed by atoms with van der Waals surface area (Å²) in [6, 6.07) is 3.91. The van der Waals surface area contributed by atoms with Gasteiger partial charge in [-0.1, -0.05) is 18.2 Å². The van der Waals surface area contributed by atoms with Crippen LogP contribution in [0.1, 0.15) is 11.6 Å². The summed E-state index contributed by atoms with van der Waals surface area (Å²) in [6.07, 6.45) is -4.39. The quantitative estimate of drug-likeness (QED) is 0.879. The highest BCUT2D eigenvalue weighted by Gasteiger charge is 2.45. The molecule has 1 aromatic carbocycles. The van der Waals surface area contributed by atoms with Crippen molar-refractivity contribution in [1.82, 2.24) is 10.2 Å². The Kier molecular flexibility index (Phi) is 5.46. The summed E-state index contributed by atoms with van der Waals surface area (Å²) in [5, 5.41) is 12.6. The molecule has 2 rings (SSSR count). The number of hydrogen-bond acceptors (Lipinski definition) is 3. The zero-order valence-corrected chi connectivity index (χ0v) is 11.0. The molecule has 0 radical (unpaired) electrons. The Balaban J connectivity index is 0.00000180. The number of benzene rings is 1. The molecule has 0 saturated carbocycles. The van der Waals surface area contributed by atoms with Gasteiger partial charge in [0.15, 0.2) is 0 Å². The van der Waals surface area contributed by atoms with E-state index < -0.39 is 12.2 Å². The van der Waals surface area contributed by atoms with Crippen molar-refractivity contribution in [2.75, 3.05) is 26.2 Å². The normalized spacial score (nSPS) is 18.7. The standard InChI is InChI=1S/C12H15F3N2O.ClH/c13-12(14,15)11(17-7-5-16-6-8-17)9-3-1-2-4-10(9)18;/h1-4,11,16,18H,5-8H2;1H/t11-;/m1./s1. The fourth-order valence-corrected chi connectivity index (χ4v) is 2.24. The van der Waals surface area contributed by atoms with Crippen LogP contribution >= 0.6 is 12.4 Å². The van der Waals surface area contributed by atoms with E-state index >= 15 is 0 Å². The molecule has 1 aromatic rings. The second-order valence-electron chi connectivity index (χ2n) is 4.29. The Morgan fingerprint density at radius 3 is 2.26 bits per heavy atom. The van der Waals surface area contributed by atoms with Crippen molar-refractivity contribution in [3.8, 4) is 5.75 Å². The van der Waals surface area contributed by atoms with E-state index in [9.17, 15) is 18.3 Å². The lowest BCUT2D eigenvalue weighted by molar-refractivity contribution is -0.188. The Morgan fingerprint density at radius 2 is 1.74 bits per heavy atom. The fraction of sp³-hybridized carbons (Fsp3) is 0.500. The van der Waals surface area contributed by atoms with Gasteiger partial charge in [0.2, 0.25) is 0 Å². The minimum absolute atomic E-state index is 0. The van der Waals surface area contributed by atoms with E-state index in [4.69, 9.17) is 0 Å². The van der Waals surface area contributed by atoms with Crippen molar-refractivity contribution < 1.29 is 18.3 Å². The monoisotopic (exact) mass is 296 g/mol. The zero-order chi connectivity index (χ0) is 13.2. The predicted molar refractivity (Wildman–Crippen MR) is 68.6 cm³/mol. The number of rotatable bonds is 2. The minimum Gasteiger partial charge on any atom is -0.508 e. The number of nitrogens with zero attached hydrogens (tertiary/aromatic N) is 1. The van der Waals surface area contributed by atoms with Crippen LogP contribution in [0.15, 0.2) is 24.3 Å². The molecule has 1 fully saturated rings. The molecule has 1 saturated heterocycles. The van der Waals surface area contributed by atoms with Crippen LogP contribution in [0.25, 0.3) is 0 Å². The van der Waals surface area contributed by atoms with Gasteiger partial charge in [0.1, 0.15) is 11.8 Å². The van der Waals surface area contributed by atoms with Crippen molar-refractivity contribution in [1.29, 1.82) is 0 Å². The molecule has 2 N–H and O–H groups in total. The minimum atomic E-state index is -4.39. The first-order valence-electron chi connectivity index (χ1n) is 5.79. The number of nitrogens with one attached hydrogen (secondary N) is 1. The van der Waals surface area contributed by atoms with Gasteiger partial charge in [-0.2, -0.15) is 13.2 Å². The molecule has 7 heteroatoms. The average Bonchev–Trinajstić information content (AvgIpc) is 2.32. The Labute approximate surface area is 115 Å². The van der Waals surface area contributed by atoms with E-state index in [1.54, 1.807) is 0 Å². The average molecular weight is 297 g/mol. The Hall–Kier alpha value is -0.980. The summed E-state index contributed by atoms with van der Waals surface area (Å²) in [7, 11) is 0. The van der Waals surface area contributed by atoms with Crippen LogP contribution in [0.4, 0.5) is 13.2 Å². The molecule has 0 amide bonds. The molecule has 1 aliphatic heterocycles. The van der Waals surface area contributed by atoms with Gasteiger partial charge in [-0.15, -0.1) is 12.4 Å². The maximum atomic E-state index is 13.2. The van der Waals surface area contributed by atoms with Crippen LogP contribution in [-0.2, 0) is 0 Å². The van der Waals surface area contributed by atoms with Crippen LogP contribution in [-0.4, -0.2) is 42.4 Å². The van der Waals surface area contributed by atoms with E-state index in [0.29, 0.717) is 26.2 Å². The molecule has 19 heavy (non-hydrogen) atoms.